The van der Waals surface area contributed by atoms with E-state index in [1.165, 1.54) is 0 Å². The topological polar surface area (TPSA) is 100 Å². The second-order valence-electron chi connectivity index (χ2n) is 6.93. The van der Waals surface area contributed by atoms with Crippen LogP contribution in [0.4, 0.5) is 5.82 Å². The number of carbonyl (C=O) groups is 1. The maximum atomic E-state index is 12.6. The van der Waals surface area contributed by atoms with E-state index in [0.29, 0.717) is 43.3 Å². The second-order valence-corrected chi connectivity index (χ2v) is 6.93. The summed E-state index contributed by atoms with van der Waals surface area (Å²) in [6.07, 6.45) is 0.0295. The fourth-order valence-corrected chi connectivity index (χ4v) is 3.40. The summed E-state index contributed by atoms with van der Waals surface area (Å²) in [5.74, 6) is -0.897. The summed E-state index contributed by atoms with van der Waals surface area (Å²) >= 11 is 0. The van der Waals surface area contributed by atoms with Gasteiger partial charge in [0, 0.05) is 26.7 Å². The van der Waals surface area contributed by atoms with Crippen molar-refractivity contribution in [2.24, 2.45) is 0 Å². The second kappa shape index (κ2) is 8.95. The molecule has 8 nitrogen and oxygen atoms in total. The summed E-state index contributed by atoms with van der Waals surface area (Å²) in [6, 6.07) is 9.56. The van der Waals surface area contributed by atoms with Gasteiger partial charge in [0.05, 0.1) is 35.9 Å². The molecule has 0 radical (unpaired) electrons. The van der Waals surface area contributed by atoms with E-state index < -0.39 is 11.8 Å². The van der Waals surface area contributed by atoms with Crippen molar-refractivity contribution in [3.8, 4) is 6.07 Å². The molecule has 1 fully saturated rings. The number of hydrogen-bond acceptors (Lipinski definition) is 7. The van der Waals surface area contributed by atoms with Gasteiger partial charge < -0.3 is 19.7 Å². The quantitative estimate of drug-likeness (QED) is 0.757. The van der Waals surface area contributed by atoms with Crippen molar-refractivity contribution in [3.05, 3.63) is 30.0 Å². The van der Waals surface area contributed by atoms with Crippen LogP contribution in [-0.4, -0.2) is 61.4 Å². The predicted molar refractivity (Wildman–Crippen MR) is 105 cm³/mol. The molecular formula is C20H25N5O3. The van der Waals surface area contributed by atoms with Gasteiger partial charge in [-0.15, -0.1) is 0 Å². The highest BCUT2D eigenvalue weighted by Gasteiger charge is 2.31. The number of nitriles is 1. The van der Waals surface area contributed by atoms with Gasteiger partial charge in [-0.05, 0) is 26.0 Å². The molecule has 1 N–H and O–H groups in total. The number of benzene rings is 1. The van der Waals surface area contributed by atoms with Crippen molar-refractivity contribution >= 4 is 22.8 Å². The minimum Gasteiger partial charge on any atom is -0.383 e. The molecule has 1 saturated heterocycles. The van der Waals surface area contributed by atoms with E-state index in [4.69, 9.17) is 14.5 Å². The molecule has 1 aliphatic rings. The Morgan fingerprint density at radius 2 is 1.96 bits per heavy atom. The molecule has 8 heteroatoms. The molecule has 3 atom stereocenters. The van der Waals surface area contributed by atoms with Crippen molar-refractivity contribution in [2.45, 2.75) is 32.0 Å². The SMILES string of the molecule is COCCNC(=O)[C@H](C#N)c1nc2ccccc2nc1N1C[C@H](C)O[C@@H](C)C1. The molecule has 3 rings (SSSR count). The number of hydrogen-bond donors (Lipinski definition) is 1. The van der Waals surface area contributed by atoms with Crippen LogP contribution in [0.15, 0.2) is 24.3 Å². The lowest BCUT2D eigenvalue weighted by molar-refractivity contribution is -0.121. The molecule has 0 bridgehead atoms. The number of morpholine rings is 1. The third-order valence-corrected chi connectivity index (χ3v) is 4.57. The van der Waals surface area contributed by atoms with E-state index in [0.717, 1.165) is 5.52 Å². The smallest absolute Gasteiger partial charge is 0.243 e. The Morgan fingerprint density at radius 1 is 1.32 bits per heavy atom. The van der Waals surface area contributed by atoms with Gasteiger partial charge in [0.1, 0.15) is 5.69 Å². The Morgan fingerprint density at radius 3 is 2.57 bits per heavy atom. The normalized spacial score (nSPS) is 20.6. The van der Waals surface area contributed by atoms with Gasteiger partial charge in [0.2, 0.25) is 5.91 Å². The summed E-state index contributed by atoms with van der Waals surface area (Å²) in [6.45, 7) is 5.93. The Hall–Kier alpha value is -2.76. The molecule has 2 heterocycles. The first-order valence-corrected chi connectivity index (χ1v) is 9.36. The molecule has 1 aliphatic heterocycles. The van der Waals surface area contributed by atoms with Crippen LogP contribution < -0.4 is 10.2 Å². The number of rotatable bonds is 6. The van der Waals surface area contributed by atoms with Crippen molar-refractivity contribution in [3.63, 3.8) is 0 Å². The van der Waals surface area contributed by atoms with Gasteiger partial charge in [-0.2, -0.15) is 5.26 Å². The first kappa shape index (κ1) is 20.0. The van der Waals surface area contributed by atoms with Crippen LogP contribution in [0.5, 0.6) is 0 Å². The number of anilines is 1. The first-order valence-electron chi connectivity index (χ1n) is 9.36. The minimum atomic E-state index is -1.06. The number of aromatic nitrogens is 2. The number of carbonyl (C=O) groups excluding carboxylic acids is 1. The highest BCUT2D eigenvalue weighted by molar-refractivity contribution is 5.88. The number of ether oxygens (including phenoxy) is 2. The monoisotopic (exact) mass is 383 g/mol. The Kier molecular flexibility index (Phi) is 6.39. The highest BCUT2D eigenvalue weighted by atomic mass is 16.5. The van der Waals surface area contributed by atoms with E-state index in [1.807, 2.05) is 38.1 Å². The number of methoxy groups -OCH3 is 1. The van der Waals surface area contributed by atoms with Crippen molar-refractivity contribution in [1.29, 1.82) is 5.26 Å². The lowest BCUT2D eigenvalue weighted by atomic mass is 10.0. The third kappa shape index (κ3) is 4.38. The average molecular weight is 383 g/mol. The molecule has 0 saturated carbocycles. The van der Waals surface area contributed by atoms with Crippen LogP contribution in [0.25, 0.3) is 11.0 Å². The molecule has 0 unspecified atom stereocenters. The molecule has 0 aliphatic carbocycles. The number of amides is 1. The predicted octanol–water partition coefficient (Wildman–Crippen LogP) is 1.61. The highest BCUT2D eigenvalue weighted by Crippen LogP contribution is 2.29. The van der Waals surface area contributed by atoms with Crippen molar-refractivity contribution in [1.82, 2.24) is 15.3 Å². The van der Waals surface area contributed by atoms with E-state index in [1.54, 1.807) is 7.11 Å². The fraction of sp³-hybridized carbons (Fsp3) is 0.500. The summed E-state index contributed by atoms with van der Waals surface area (Å²) < 4.78 is 10.8. The summed E-state index contributed by atoms with van der Waals surface area (Å²) in [5, 5.41) is 12.5. The van der Waals surface area contributed by atoms with Crippen molar-refractivity contribution in [2.75, 3.05) is 38.3 Å². The largest absolute Gasteiger partial charge is 0.383 e. The lowest BCUT2D eigenvalue weighted by Crippen LogP contribution is -2.46. The maximum Gasteiger partial charge on any atom is 0.243 e. The molecule has 1 aromatic carbocycles. The number of fused-ring (bicyclic) bond motifs is 1. The van der Waals surface area contributed by atoms with Gasteiger partial charge >= 0.3 is 0 Å². The minimum absolute atomic E-state index is 0.0148. The fourth-order valence-electron chi connectivity index (χ4n) is 3.40. The summed E-state index contributed by atoms with van der Waals surface area (Å²) in [4.78, 5) is 24.1. The van der Waals surface area contributed by atoms with Crippen LogP contribution in [0, 0.1) is 11.3 Å². The molecule has 0 spiro atoms. The molecule has 1 aromatic heterocycles. The molecular weight excluding hydrogens is 358 g/mol. The average Bonchev–Trinajstić information content (AvgIpc) is 2.67. The first-order chi connectivity index (χ1) is 13.5. The van der Waals surface area contributed by atoms with Crippen LogP contribution in [0.3, 0.4) is 0 Å². The van der Waals surface area contributed by atoms with Crippen molar-refractivity contribution < 1.29 is 14.3 Å². The standard InChI is InChI=1S/C20H25N5O3/c1-13-11-25(12-14(2)28-13)19-18(15(10-21)20(26)22-8-9-27-3)23-16-6-4-5-7-17(16)24-19/h4-7,13-15H,8-9,11-12H2,1-3H3,(H,22,26)/t13-,14-,15+/m0/s1. The van der Waals surface area contributed by atoms with Gasteiger partial charge in [-0.3, -0.25) is 4.79 Å². The van der Waals surface area contributed by atoms with Gasteiger partial charge in [-0.1, -0.05) is 12.1 Å². The van der Waals surface area contributed by atoms with E-state index in [-0.39, 0.29) is 12.2 Å². The van der Waals surface area contributed by atoms with Crippen LogP contribution in [0.1, 0.15) is 25.5 Å². The zero-order valence-corrected chi connectivity index (χ0v) is 16.4. The van der Waals surface area contributed by atoms with E-state index in [2.05, 4.69) is 21.3 Å². The number of nitrogens with zero attached hydrogens (tertiary/aromatic N) is 4. The van der Waals surface area contributed by atoms with E-state index >= 15 is 0 Å². The zero-order valence-electron chi connectivity index (χ0n) is 16.4. The molecule has 2 aromatic rings. The Labute approximate surface area is 164 Å². The van der Waals surface area contributed by atoms with Crippen LogP contribution in [-0.2, 0) is 14.3 Å². The molecule has 1 amide bonds. The molecule has 148 valence electrons. The lowest BCUT2D eigenvalue weighted by Gasteiger charge is -2.37. The summed E-state index contributed by atoms with van der Waals surface area (Å²) in [5.41, 5.74) is 1.75. The Bertz CT molecular complexity index is 872. The zero-order chi connectivity index (χ0) is 20.1. The number of para-hydroxylation sites is 2. The van der Waals surface area contributed by atoms with Crippen LogP contribution in [0.2, 0.25) is 0 Å². The third-order valence-electron chi connectivity index (χ3n) is 4.57. The van der Waals surface area contributed by atoms with Gasteiger partial charge in [-0.25, -0.2) is 9.97 Å². The maximum absolute atomic E-state index is 12.6. The Balaban J connectivity index is 2.03. The number of nitrogens with one attached hydrogen (secondary N) is 1. The molecule has 28 heavy (non-hydrogen) atoms. The van der Waals surface area contributed by atoms with Crippen LogP contribution >= 0.6 is 0 Å². The summed E-state index contributed by atoms with van der Waals surface area (Å²) in [7, 11) is 1.56. The van der Waals surface area contributed by atoms with Gasteiger partial charge in [0.15, 0.2) is 11.7 Å². The van der Waals surface area contributed by atoms with E-state index in [9.17, 15) is 10.1 Å². The van der Waals surface area contributed by atoms with Gasteiger partial charge in [0.25, 0.3) is 0 Å².